The van der Waals surface area contributed by atoms with Crippen molar-refractivity contribution in [3.63, 3.8) is 0 Å². The van der Waals surface area contributed by atoms with Crippen LogP contribution in [0.2, 0.25) is 5.02 Å². The minimum Gasteiger partial charge on any atom is -0.340 e. The molecule has 1 aliphatic carbocycles. The molecule has 1 aromatic carbocycles. The van der Waals surface area contributed by atoms with Crippen molar-refractivity contribution in [2.75, 3.05) is 7.05 Å². The van der Waals surface area contributed by atoms with Crippen LogP contribution in [0.15, 0.2) is 24.3 Å². The van der Waals surface area contributed by atoms with Gasteiger partial charge in [-0.05, 0) is 30.5 Å². The molecule has 2 rings (SSSR count). The van der Waals surface area contributed by atoms with Gasteiger partial charge in [0.25, 0.3) is 11.8 Å². The second-order valence-corrected chi connectivity index (χ2v) is 6.71. The van der Waals surface area contributed by atoms with Crippen LogP contribution in [0.4, 0.5) is 0 Å². The summed E-state index contributed by atoms with van der Waals surface area (Å²) in [7, 11) is 1.42. The summed E-state index contributed by atoms with van der Waals surface area (Å²) in [6.45, 7) is 0. The smallest absolute Gasteiger partial charge is 0.257 e. The number of likely N-dealkylation sites (N-methyl/N-ethyl adjacent to an activating group) is 1. The van der Waals surface area contributed by atoms with E-state index in [2.05, 4.69) is 5.32 Å². The molecule has 1 aliphatic rings. The molecule has 0 saturated heterocycles. The van der Waals surface area contributed by atoms with E-state index in [1.807, 2.05) is 6.19 Å². The standard InChI is InChI=1S/C18H22ClN3O2/c1-22(12-20)18(24)16(10-13-6-3-2-4-7-13)21-17(23)14-8-5-9-15(19)11-14/h5,8-9,11,13,16H,2-4,6-7,10H2,1H3,(H,21,23)/t16-/m0/s1. The van der Waals surface area contributed by atoms with Crippen molar-refractivity contribution < 1.29 is 9.59 Å². The van der Waals surface area contributed by atoms with Crippen LogP contribution in [0.25, 0.3) is 0 Å². The van der Waals surface area contributed by atoms with Gasteiger partial charge in [0, 0.05) is 17.6 Å². The second kappa shape index (κ2) is 8.70. The Balaban J connectivity index is 2.10. The lowest BCUT2D eigenvalue weighted by atomic mass is 9.84. The summed E-state index contributed by atoms with van der Waals surface area (Å²) >= 11 is 5.92. The number of hydrogen-bond acceptors (Lipinski definition) is 3. The van der Waals surface area contributed by atoms with Crippen molar-refractivity contribution in [1.82, 2.24) is 10.2 Å². The molecular weight excluding hydrogens is 326 g/mol. The Morgan fingerprint density at radius 1 is 1.38 bits per heavy atom. The third-order valence-corrected chi connectivity index (χ3v) is 4.70. The van der Waals surface area contributed by atoms with Crippen LogP contribution in [0.3, 0.4) is 0 Å². The SMILES string of the molecule is CN(C#N)C(=O)[C@H](CC1CCCCC1)NC(=O)c1cccc(Cl)c1. The molecule has 1 N–H and O–H groups in total. The van der Waals surface area contributed by atoms with Gasteiger partial charge in [0.2, 0.25) is 0 Å². The van der Waals surface area contributed by atoms with Crippen LogP contribution in [0.1, 0.15) is 48.9 Å². The van der Waals surface area contributed by atoms with Gasteiger partial charge in [0.05, 0.1) is 0 Å². The average molecular weight is 348 g/mol. The molecule has 1 fully saturated rings. The first-order chi connectivity index (χ1) is 11.5. The molecule has 0 aromatic heterocycles. The summed E-state index contributed by atoms with van der Waals surface area (Å²) in [6, 6.07) is 5.90. The summed E-state index contributed by atoms with van der Waals surface area (Å²) < 4.78 is 0. The fourth-order valence-corrected chi connectivity index (χ4v) is 3.32. The molecular formula is C18H22ClN3O2. The van der Waals surface area contributed by atoms with Crippen molar-refractivity contribution in [3.05, 3.63) is 34.9 Å². The van der Waals surface area contributed by atoms with Gasteiger partial charge in [0.15, 0.2) is 6.19 Å². The number of amides is 2. The van der Waals surface area contributed by atoms with Crippen LogP contribution >= 0.6 is 11.6 Å². The minimum absolute atomic E-state index is 0.349. The van der Waals surface area contributed by atoms with E-state index in [0.717, 1.165) is 30.6 Å². The zero-order chi connectivity index (χ0) is 17.5. The third-order valence-electron chi connectivity index (χ3n) is 4.46. The van der Waals surface area contributed by atoms with Gasteiger partial charge in [-0.2, -0.15) is 5.26 Å². The summed E-state index contributed by atoms with van der Waals surface area (Å²) in [4.78, 5) is 25.9. The van der Waals surface area contributed by atoms with E-state index in [1.165, 1.54) is 13.5 Å². The molecule has 1 aromatic rings. The number of carbonyl (C=O) groups is 2. The van der Waals surface area contributed by atoms with E-state index in [-0.39, 0.29) is 11.8 Å². The minimum atomic E-state index is -0.691. The largest absolute Gasteiger partial charge is 0.340 e. The van der Waals surface area contributed by atoms with Crippen molar-refractivity contribution in [2.24, 2.45) is 5.92 Å². The van der Waals surface area contributed by atoms with Gasteiger partial charge in [-0.1, -0.05) is 49.8 Å². The van der Waals surface area contributed by atoms with Gasteiger partial charge >= 0.3 is 0 Å². The maximum Gasteiger partial charge on any atom is 0.257 e. The molecule has 128 valence electrons. The highest BCUT2D eigenvalue weighted by Crippen LogP contribution is 2.27. The molecule has 0 radical (unpaired) electrons. The molecule has 5 nitrogen and oxygen atoms in total. The lowest BCUT2D eigenvalue weighted by molar-refractivity contribution is -0.129. The van der Waals surface area contributed by atoms with E-state index in [4.69, 9.17) is 16.9 Å². The quantitative estimate of drug-likeness (QED) is 0.655. The van der Waals surface area contributed by atoms with Gasteiger partial charge in [-0.25, -0.2) is 0 Å². The van der Waals surface area contributed by atoms with E-state index in [1.54, 1.807) is 24.3 Å². The number of nitrogens with zero attached hydrogens (tertiary/aromatic N) is 2. The average Bonchev–Trinajstić information content (AvgIpc) is 2.60. The molecule has 2 amide bonds. The van der Waals surface area contributed by atoms with E-state index >= 15 is 0 Å². The van der Waals surface area contributed by atoms with Gasteiger partial charge in [0.1, 0.15) is 6.04 Å². The monoisotopic (exact) mass is 347 g/mol. The van der Waals surface area contributed by atoms with Crippen LogP contribution in [-0.2, 0) is 4.79 Å². The Hall–Kier alpha value is -2.06. The van der Waals surface area contributed by atoms with Crippen molar-refractivity contribution in [2.45, 2.75) is 44.6 Å². The molecule has 0 unspecified atom stereocenters. The summed E-state index contributed by atoms with van der Waals surface area (Å²) in [6.07, 6.45) is 8.04. The highest BCUT2D eigenvalue weighted by molar-refractivity contribution is 6.31. The number of carbonyl (C=O) groups excluding carboxylic acids is 2. The topological polar surface area (TPSA) is 73.2 Å². The Morgan fingerprint density at radius 3 is 2.71 bits per heavy atom. The fraction of sp³-hybridized carbons (Fsp3) is 0.500. The Morgan fingerprint density at radius 2 is 2.08 bits per heavy atom. The van der Waals surface area contributed by atoms with Crippen molar-refractivity contribution in [1.29, 1.82) is 5.26 Å². The summed E-state index contributed by atoms with van der Waals surface area (Å²) in [5, 5.41) is 12.2. The zero-order valence-electron chi connectivity index (χ0n) is 13.8. The number of nitrogens with one attached hydrogen (secondary N) is 1. The lowest BCUT2D eigenvalue weighted by Gasteiger charge is -2.27. The molecule has 0 heterocycles. The first kappa shape index (κ1) is 18.3. The molecule has 6 heteroatoms. The van der Waals surface area contributed by atoms with Gasteiger partial charge < -0.3 is 5.32 Å². The number of rotatable bonds is 5. The lowest BCUT2D eigenvalue weighted by Crippen LogP contribution is -2.47. The van der Waals surface area contributed by atoms with Gasteiger partial charge in [-0.15, -0.1) is 0 Å². The van der Waals surface area contributed by atoms with Crippen LogP contribution in [0, 0.1) is 17.4 Å². The zero-order valence-corrected chi connectivity index (χ0v) is 14.6. The third kappa shape index (κ3) is 4.97. The van der Waals surface area contributed by atoms with Gasteiger partial charge in [-0.3, -0.25) is 14.5 Å². The maximum absolute atomic E-state index is 12.4. The van der Waals surface area contributed by atoms with E-state index < -0.39 is 6.04 Å². The number of halogens is 1. The molecule has 0 aliphatic heterocycles. The molecule has 0 bridgehead atoms. The van der Waals surface area contributed by atoms with E-state index in [9.17, 15) is 9.59 Å². The maximum atomic E-state index is 12.4. The highest BCUT2D eigenvalue weighted by atomic mass is 35.5. The number of nitriles is 1. The number of benzene rings is 1. The fourth-order valence-electron chi connectivity index (χ4n) is 3.13. The Kier molecular flexibility index (Phi) is 6.62. The predicted octanol–water partition coefficient (Wildman–Crippen LogP) is 3.35. The molecule has 0 spiro atoms. The highest BCUT2D eigenvalue weighted by Gasteiger charge is 2.28. The first-order valence-corrected chi connectivity index (χ1v) is 8.62. The summed E-state index contributed by atoms with van der Waals surface area (Å²) in [5.74, 6) is -0.323. The van der Waals surface area contributed by atoms with E-state index in [0.29, 0.717) is 22.9 Å². The normalized spacial score (nSPS) is 16.0. The van der Waals surface area contributed by atoms with Crippen LogP contribution < -0.4 is 5.32 Å². The van der Waals surface area contributed by atoms with Crippen molar-refractivity contribution >= 4 is 23.4 Å². The molecule has 24 heavy (non-hydrogen) atoms. The second-order valence-electron chi connectivity index (χ2n) is 6.27. The number of hydrogen-bond donors (Lipinski definition) is 1. The summed E-state index contributed by atoms with van der Waals surface area (Å²) in [5.41, 5.74) is 0.406. The van der Waals surface area contributed by atoms with Crippen molar-refractivity contribution in [3.8, 4) is 6.19 Å². The molecule has 1 atom stereocenters. The Labute approximate surface area is 147 Å². The van der Waals surface area contributed by atoms with Crippen LogP contribution in [0.5, 0.6) is 0 Å². The predicted molar refractivity (Wildman–Crippen MR) is 92.3 cm³/mol. The first-order valence-electron chi connectivity index (χ1n) is 8.25. The van der Waals surface area contributed by atoms with Crippen LogP contribution in [-0.4, -0.2) is 29.8 Å². The Bertz CT molecular complexity index is 635. The molecule has 1 saturated carbocycles.